The molecule has 0 amide bonds. The van der Waals surface area contributed by atoms with Crippen molar-refractivity contribution in [3.05, 3.63) is 0 Å². The highest BCUT2D eigenvalue weighted by atomic mass is 80.0. The molecule has 130 valence electrons. The van der Waals surface area contributed by atoms with Gasteiger partial charge in [-0.05, 0) is 12.8 Å². The van der Waals surface area contributed by atoms with E-state index in [1.165, 1.54) is 89.9 Å². The summed E-state index contributed by atoms with van der Waals surface area (Å²) in [5.74, 6) is 0. The van der Waals surface area contributed by atoms with Gasteiger partial charge in [0.1, 0.15) is 6.54 Å². The Labute approximate surface area is 169 Å². The van der Waals surface area contributed by atoms with Gasteiger partial charge >= 0.3 is 0 Å². The lowest BCUT2D eigenvalue weighted by atomic mass is 10.0. The molecule has 1 nitrogen and oxygen atoms in total. The second-order valence-corrected chi connectivity index (χ2v) is 12.4. The molecule has 0 spiro atoms. The summed E-state index contributed by atoms with van der Waals surface area (Å²) in [6.07, 6.45) is 19.9. The van der Waals surface area contributed by atoms with E-state index in [0.717, 1.165) is 6.54 Å². The second-order valence-electron chi connectivity index (χ2n) is 5.87. The summed E-state index contributed by atoms with van der Waals surface area (Å²) in [4.78, 5) is 0. The normalized spacial score (nSPS) is 11.4. The molecule has 0 rings (SSSR count). The van der Waals surface area contributed by atoms with Crippen molar-refractivity contribution in [1.82, 2.24) is 0 Å². The molecule has 0 aromatic rings. The Kier molecular flexibility index (Phi) is 21.8. The van der Waals surface area contributed by atoms with Crippen LogP contribution in [0.3, 0.4) is 0 Å². The van der Waals surface area contributed by atoms with Crippen molar-refractivity contribution in [2.24, 2.45) is 0 Å². The minimum Gasteiger partial charge on any atom is -1.00 e. The van der Waals surface area contributed by atoms with E-state index in [1.807, 2.05) is 0 Å². The first-order valence-corrected chi connectivity index (χ1v) is 10.7. The minimum absolute atomic E-state index is 0. The summed E-state index contributed by atoms with van der Waals surface area (Å²) in [5, 5.41) is 0. The Morgan fingerprint density at radius 3 is 1.10 bits per heavy atom. The number of rotatable bonds is 15. The fourth-order valence-electron chi connectivity index (χ4n) is 2.49. The molecule has 0 radical (unpaired) electrons. The van der Waals surface area contributed by atoms with Crippen molar-refractivity contribution in [3.8, 4) is 0 Å². The zero-order valence-electron chi connectivity index (χ0n) is 13.6. The van der Waals surface area contributed by atoms with Crippen molar-refractivity contribution in [2.75, 3.05) is 6.54 Å². The van der Waals surface area contributed by atoms with Gasteiger partial charge in [-0.3, -0.25) is 0 Å². The molecule has 0 saturated carbocycles. The second kappa shape index (κ2) is 18.2. The first kappa shape index (κ1) is 25.1. The van der Waals surface area contributed by atoms with E-state index >= 15 is 0 Å². The molecule has 0 N–H and O–H groups in total. The van der Waals surface area contributed by atoms with Crippen molar-refractivity contribution >= 4 is 48.4 Å². The summed E-state index contributed by atoms with van der Waals surface area (Å²) in [6.45, 7) is 3.37. The molecule has 0 aliphatic heterocycles. The van der Waals surface area contributed by atoms with Crippen molar-refractivity contribution < 1.29 is 18.5 Å². The zero-order chi connectivity index (χ0) is 15.1. The van der Waals surface area contributed by atoms with Crippen LogP contribution in [0, 0.1) is 0 Å². The highest BCUT2D eigenvalue weighted by Gasteiger charge is 2.17. The van der Waals surface area contributed by atoms with Gasteiger partial charge in [0.2, 0.25) is 0 Å². The lowest BCUT2D eigenvalue weighted by Crippen LogP contribution is -3.00. The molecule has 0 aromatic heterocycles. The van der Waals surface area contributed by atoms with E-state index < -0.39 is 0 Å². The van der Waals surface area contributed by atoms with Crippen molar-refractivity contribution in [1.29, 1.82) is 0 Å². The van der Waals surface area contributed by atoms with Gasteiger partial charge < -0.3 is 17.0 Å². The SMILES string of the molecule is CCCCCCCCCCCCCCCC[N+](Br)(Br)Br.[Br-]. The van der Waals surface area contributed by atoms with E-state index in [2.05, 4.69) is 55.4 Å². The summed E-state index contributed by atoms with van der Waals surface area (Å²) in [6, 6.07) is 0. The van der Waals surface area contributed by atoms with Crippen LogP contribution in [-0.4, -0.2) is 8.11 Å². The van der Waals surface area contributed by atoms with Gasteiger partial charge in [0.05, 0.1) is 0 Å². The smallest absolute Gasteiger partial charge is 0.252 e. The molecule has 0 unspecified atom stereocenters. The van der Waals surface area contributed by atoms with Gasteiger partial charge in [0.25, 0.3) is 48.4 Å². The van der Waals surface area contributed by atoms with E-state index in [0.29, 0.717) is 1.56 Å². The third-order valence-electron chi connectivity index (χ3n) is 3.77. The van der Waals surface area contributed by atoms with Gasteiger partial charge in [0, 0.05) is 0 Å². The maximum absolute atomic E-state index is 3.49. The van der Waals surface area contributed by atoms with Crippen LogP contribution in [0.15, 0.2) is 0 Å². The molecule has 0 bridgehead atoms. The third kappa shape index (κ3) is 24.3. The highest BCUT2D eigenvalue weighted by Crippen LogP contribution is 2.30. The van der Waals surface area contributed by atoms with Gasteiger partial charge in [-0.2, -0.15) is 0 Å². The molecule has 0 aliphatic rings. The third-order valence-corrected chi connectivity index (χ3v) is 4.83. The number of quaternary nitrogens is 1. The van der Waals surface area contributed by atoms with Crippen LogP contribution >= 0.6 is 48.4 Å². The predicted molar refractivity (Wildman–Crippen MR) is 102 cm³/mol. The minimum atomic E-state index is 0. The van der Waals surface area contributed by atoms with Gasteiger partial charge in [-0.25, -0.2) is 0 Å². The fourth-order valence-corrected chi connectivity index (χ4v) is 3.24. The van der Waals surface area contributed by atoms with E-state index in [1.54, 1.807) is 0 Å². The monoisotopic (exact) mass is 555 g/mol. The highest BCUT2D eigenvalue weighted by molar-refractivity contribution is 9.27. The van der Waals surface area contributed by atoms with Crippen LogP contribution in [0.4, 0.5) is 0 Å². The summed E-state index contributed by atoms with van der Waals surface area (Å²) >= 11 is 10.5. The number of unbranched alkanes of at least 4 members (excludes halogenated alkanes) is 13. The summed E-state index contributed by atoms with van der Waals surface area (Å²) in [5.41, 5.74) is 0. The Morgan fingerprint density at radius 1 is 0.524 bits per heavy atom. The molecule has 21 heavy (non-hydrogen) atoms. The van der Waals surface area contributed by atoms with Crippen LogP contribution in [0.2, 0.25) is 0 Å². The Bertz CT molecular complexity index is 195. The topological polar surface area (TPSA) is 0 Å². The Hall–Kier alpha value is 1.88. The molecule has 5 heteroatoms. The summed E-state index contributed by atoms with van der Waals surface area (Å²) < 4.78 is 0.561. The first-order chi connectivity index (χ1) is 9.56. The van der Waals surface area contributed by atoms with E-state index in [4.69, 9.17) is 0 Å². The number of hydrogen-bond donors (Lipinski definition) is 0. The molecule has 0 heterocycles. The maximum Gasteiger partial charge on any atom is 0.252 e. The average molecular weight is 559 g/mol. The van der Waals surface area contributed by atoms with Gasteiger partial charge in [0.15, 0.2) is 0 Å². The standard InChI is InChI=1S/C16H33Br3N.BrH/c1-2-3-4-5-6-7-8-9-10-11-12-13-14-15-16-20(17,18)19;/h2-16H2,1H3;1H/q+1;/p-1. The quantitative estimate of drug-likeness (QED) is 0.191. The molecule has 0 saturated heterocycles. The van der Waals surface area contributed by atoms with Crippen molar-refractivity contribution in [2.45, 2.75) is 96.8 Å². The van der Waals surface area contributed by atoms with Crippen LogP contribution in [-0.2, 0) is 0 Å². The molecule has 0 aromatic carbocycles. The van der Waals surface area contributed by atoms with Crippen molar-refractivity contribution in [3.63, 3.8) is 0 Å². The van der Waals surface area contributed by atoms with E-state index in [-0.39, 0.29) is 17.0 Å². The zero-order valence-corrected chi connectivity index (χ0v) is 19.9. The predicted octanol–water partition coefficient (Wildman–Crippen LogP) is 5.22. The number of halogens is 4. The Morgan fingerprint density at radius 2 is 0.810 bits per heavy atom. The van der Waals surface area contributed by atoms with Crippen LogP contribution < -0.4 is 17.0 Å². The molecular formula is C16H33Br4N. The largest absolute Gasteiger partial charge is 1.00 e. The summed E-state index contributed by atoms with van der Waals surface area (Å²) in [7, 11) is 0. The fraction of sp³-hybridized carbons (Fsp3) is 1.00. The van der Waals surface area contributed by atoms with Gasteiger partial charge in [-0.1, -0.05) is 84.0 Å². The van der Waals surface area contributed by atoms with Crippen LogP contribution in [0.5, 0.6) is 0 Å². The average Bonchev–Trinajstić information content (AvgIpc) is 2.38. The molecule has 0 atom stereocenters. The van der Waals surface area contributed by atoms with Gasteiger partial charge in [-0.15, -0.1) is 1.56 Å². The van der Waals surface area contributed by atoms with Crippen LogP contribution in [0.25, 0.3) is 0 Å². The number of nitrogens with zero attached hydrogens (tertiary/aromatic N) is 1. The molecular weight excluding hydrogens is 526 g/mol. The lowest BCUT2D eigenvalue weighted by molar-refractivity contribution is -0.420. The first-order valence-electron chi connectivity index (χ1n) is 8.53. The number of hydrogen-bond acceptors (Lipinski definition) is 0. The van der Waals surface area contributed by atoms with E-state index in [9.17, 15) is 0 Å². The molecule has 0 aliphatic carbocycles. The molecule has 0 fully saturated rings. The lowest BCUT2D eigenvalue weighted by Gasteiger charge is -2.10. The van der Waals surface area contributed by atoms with Crippen LogP contribution in [0.1, 0.15) is 96.8 Å². The maximum atomic E-state index is 3.49. The Balaban J connectivity index is 0.